The van der Waals surface area contributed by atoms with Crippen LogP contribution in [0.15, 0.2) is 41.6 Å². The monoisotopic (exact) mass is 294 g/mol. The number of aromatic amines is 1. The maximum absolute atomic E-state index is 12.3. The van der Waals surface area contributed by atoms with Gasteiger partial charge in [0.15, 0.2) is 5.03 Å². The lowest BCUT2D eigenvalue weighted by atomic mass is 10.1. The Morgan fingerprint density at radius 1 is 1.35 bits per heavy atom. The van der Waals surface area contributed by atoms with E-state index in [0.717, 1.165) is 5.56 Å². The molecule has 1 aromatic heterocycles. The lowest BCUT2D eigenvalue weighted by molar-refractivity contribution is 0.555. The summed E-state index contributed by atoms with van der Waals surface area (Å²) in [4.78, 5) is 6.78. The number of nitrogens with one attached hydrogen (secondary N) is 2. The third kappa shape index (κ3) is 3.24. The fourth-order valence-electron chi connectivity index (χ4n) is 1.85. The summed E-state index contributed by atoms with van der Waals surface area (Å²) >= 11 is 0. The van der Waals surface area contributed by atoms with E-state index in [1.54, 1.807) is 0 Å². The molecule has 4 N–H and O–H groups in total. The van der Waals surface area contributed by atoms with Gasteiger partial charge in [0, 0.05) is 13.0 Å². The molecule has 0 aliphatic rings. The summed E-state index contributed by atoms with van der Waals surface area (Å²) < 4.78 is 27.1. The molecule has 1 unspecified atom stereocenters. The standard InChI is InChI=1S/C13H18N4O2S/c1-2-12-15-9-13(16-12)20(18,19)17-11(8-14)10-6-4-3-5-7-10/h3-7,9,11,17H,2,8,14H2,1H3,(H,15,16). The highest BCUT2D eigenvalue weighted by atomic mass is 32.2. The quantitative estimate of drug-likeness (QED) is 0.738. The zero-order chi connectivity index (χ0) is 14.6. The van der Waals surface area contributed by atoms with Crippen LogP contribution in [0, 0.1) is 0 Å². The van der Waals surface area contributed by atoms with E-state index >= 15 is 0 Å². The largest absolute Gasteiger partial charge is 0.332 e. The lowest BCUT2D eigenvalue weighted by Crippen LogP contribution is -2.33. The molecule has 108 valence electrons. The SMILES string of the molecule is CCc1ncc(S(=O)(=O)NC(CN)c2ccccc2)[nH]1. The van der Waals surface area contributed by atoms with Crippen molar-refractivity contribution in [2.24, 2.45) is 5.73 Å². The summed E-state index contributed by atoms with van der Waals surface area (Å²) in [6.45, 7) is 2.08. The molecule has 1 heterocycles. The van der Waals surface area contributed by atoms with Gasteiger partial charge in [0.05, 0.1) is 12.2 Å². The summed E-state index contributed by atoms with van der Waals surface area (Å²) in [6.07, 6.45) is 1.97. The molecule has 20 heavy (non-hydrogen) atoms. The number of sulfonamides is 1. The van der Waals surface area contributed by atoms with E-state index in [-0.39, 0.29) is 11.6 Å². The molecule has 1 aromatic carbocycles. The Labute approximate surface area is 118 Å². The van der Waals surface area contributed by atoms with Crippen molar-refractivity contribution in [3.05, 3.63) is 47.9 Å². The van der Waals surface area contributed by atoms with Gasteiger partial charge >= 0.3 is 0 Å². The summed E-state index contributed by atoms with van der Waals surface area (Å²) in [5, 5.41) is 0.0590. The molecule has 0 amide bonds. The molecule has 0 saturated carbocycles. The second kappa shape index (κ2) is 6.17. The lowest BCUT2D eigenvalue weighted by Gasteiger charge is -2.16. The zero-order valence-electron chi connectivity index (χ0n) is 11.2. The fraction of sp³-hybridized carbons (Fsp3) is 0.308. The second-order valence-corrected chi connectivity index (χ2v) is 6.05. The molecule has 2 rings (SSSR count). The number of nitrogens with zero attached hydrogens (tertiary/aromatic N) is 1. The molecule has 0 saturated heterocycles. The van der Waals surface area contributed by atoms with Crippen molar-refractivity contribution in [3.63, 3.8) is 0 Å². The zero-order valence-corrected chi connectivity index (χ0v) is 12.0. The first-order valence-electron chi connectivity index (χ1n) is 6.38. The van der Waals surface area contributed by atoms with Crippen molar-refractivity contribution in [2.45, 2.75) is 24.4 Å². The van der Waals surface area contributed by atoms with E-state index in [1.807, 2.05) is 37.3 Å². The Bertz CT molecular complexity index is 652. The van der Waals surface area contributed by atoms with Crippen LogP contribution in [0.4, 0.5) is 0 Å². The number of aromatic nitrogens is 2. The minimum Gasteiger partial charge on any atom is -0.332 e. The van der Waals surface area contributed by atoms with Crippen molar-refractivity contribution in [1.82, 2.24) is 14.7 Å². The van der Waals surface area contributed by atoms with Crippen LogP contribution >= 0.6 is 0 Å². The van der Waals surface area contributed by atoms with Crippen molar-refractivity contribution >= 4 is 10.0 Å². The van der Waals surface area contributed by atoms with Gasteiger partial charge in [-0.25, -0.2) is 18.1 Å². The highest BCUT2D eigenvalue weighted by Gasteiger charge is 2.22. The molecule has 0 aliphatic heterocycles. The van der Waals surface area contributed by atoms with Crippen LogP contribution in [0.25, 0.3) is 0 Å². The molecule has 2 aromatic rings. The topological polar surface area (TPSA) is 101 Å². The third-order valence-corrected chi connectivity index (χ3v) is 4.35. The normalized spacial score (nSPS) is 13.3. The van der Waals surface area contributed by atoms with E-state index in [9.17, 15) is 8.42 Å². The number of rotatable bonds is 6. The molecule has 7 heteroatoms. The Balaban J connectivity index is 2.22. The van der Waals surface area contributed by atoms with Crippen molar-refractivity contribution in [2.75, 3.05) is 6.54 Å². The van der Waals surface area contributed by atoms with Crippen LogP contribution in [-0.2, 0) is 16.4 Å². The van der Waals surface area contributed by atoms with E-state index in [2.05, 4.69) is 14.7 Å². The Morgan fingerprint density at radius 2 is 2.05 bits per heavy atom. The molecule has 0 spiro atoms. The number of H-pyrrole nitrogens is 1. The van der Waals surface area contributed by atoms with Crippen LogP contribution in [0.2, 0.25) is 0 Å². The predicted octanol–water partition coefficient (Wildman–Crippen LogP) is 0.950. The van der Waals surface area contributed by atoms with Crippen LogP contribution in [0.3, 0.4) is 0 Å². The Morgan fingerprint density at radius 3 is 2.60 bits per heavy atom. The number of aryl methyl sites for hydroxylation is 1. The summed E-state index contributed by atoms with van der Waals surface area (Å²) in [6, 6.07) is 8.77. The maximum Gasteiger partial charge on any atom is 0.258 e. The van der Waals surface area contributed by atoms with Crippen molar-refractivity contribution < 1.29 is 8.42 Å². The van der Waals surface area contributed by atoms with Crippen LogP contribution < -0.4 is 10.5 Å². The van der Waals surface area contributed by atoms with Gasteiger partial charge in [-0.15, -0.1) is 0 Å². The molecular formula is C13H18N4O2S. The molecule has 0 aliphatic carbocycles. The van der Waals surface area contributed by atoms with Crippen molar-refractivity contribution in [1.29, 1.82) is 0 Å². The van der Waals surface area contributed by atoms with E-state index in [0.29, 0.717) is 12.2 Å². The highest BCUT2D eigenvalue weighted by molar-refractivity contribution is 7.89. The van der Waals surface area contributed by atoms with Gasteiger partial charge in [-0.3, -0.25) is 0 Å². The van der Waals surface area contributed by atoms with E-state index in [1.165, 1.54) is 6.20 Å². The number of imidazole rings is 1. The molecule has 1 atom stereocenters. The fourth-order valence-corrected chi connectivity index (χ4v) is 3.03. The summed E-state index contributed by atoms with van der Waals surface area (Å²) in [7, 11) is -3.66. The van der Waals surface area contributed by atoms with E-state index < -0.39 is 16.1 Å². The number of nitrogens with two attached hydrogens (primary N) is 1. The van der Waals surface area contributed by atoms with Crippen LogP contribution in [0.5, 0.6) is 0 Å². The third-order valence-electron chi connectivity index (χ3n) is 2.96. The van der Waals surface area contributed by atoms with Crippen LogP contribution in [-0.4, -0.2) is 24.9 Å². The molecule has 6 nitrogen and oxygen atoms in total. The molecule has 0 fully saturated rings. The molecular weight excluding hydrogens is 276 g/mol. The summed E-state index contributed by atoms with van der Waals surface area (Å²) in [5.74, 6) is 0.634. The van der Waals surface area contributed by atoms with Gasteiger partial charge in [-0.1, -0.05) is 37.3 Å². The van der Waals surface area contributed by atoms with Crippen LogP contribution in [0.1, 0.15) is 24.4 Å². The second-order valence-electron chi connectivity index (χ2n) is 4.37. The first kappa shape index (κ1) is 14.7. The van der Waals surface area contributed by atoms with Gasteiger partial charge in [0.2, 0.25) is 0 Å². The van der Waals surface area contributed by atoms with Gasteiger partial charge in [-0.05, 0) is 5.56 Å². The molecule has 0 radical (unpaired) electrons. The number of hydrogen-bond donors (Lipinski definition) is 3. The van der Waals surface area contributed by atoms with Gasteiger partial charge in [0.25, 0.3) is 10.0 Å². The minimum atomic E-state index is -3.66. The van der Waals surface area contributed by atoms with E-state index in [4.69, 9.17) is 5.73 Å². The first-order chi connectivity index (χ1) is 9.56. The number of hydrogen-bond acceptors (Lipinski definition) is 4. The Hall–Kier alpha value is -1.70. The maximum atomic E-state index is 12.3. The van der Waals surface area contributed by atoms with Gasteiger partial charge < -0.3 is 10.7 Å². The number of benzene rings is 1. The van der Waals surface area contributed by atoms with Gasteiger partial charge in [-0.2, -0.15) is 0 Å². The first-order valence-corrected chi connectivity index (χ1v) is 7.86. The average Bonchev–Trinajstić information content (AvgIpc) is 2.95. The Kier molecular flexibility index (Phi) is 4.53. The minimum absolute atomic E-state index is 0.0590. The molecule has 0 bridgehead atoms. The van der Waals surface area contributed by atoms with Gasteiger partial charge in [0.1, 0.15) is 5.82 Å². The smallest absolute Gasteiger partial charge is 0.258 e. The predicted molar refractivity (Wildman–Crippen MR) is 76.5 cm³/mol. The van der Waals surface area contributed by atoms with Crippen molar-refractivity contribution in [3.8, 4) is 0 Å². The highest BCUT2D eigenvalue weighted by Crippen LogP contribution is 2.15. The summed E-state index contributed by atoms with van der Waals surface area (Å²) in [5.41, 5.74) is 6.50. The average molecular weight is 294 g/mol.